The fraction of sp³-hybridized carbons (Fsp3) is 0.353. The lowest BCUT2D eigenvalue weighted by Gasteiger charge is -2.17. The van der Waals surface area contributed by atoms with Crippen LogP contribution in [-0.4, -0.2) is 24.5 Å². The Balaban J connectivity index is 0.000000210. The Morgan fingerprint density at radius 3 is 2.62 bits per heavy atom. The number of rotatable bonds is 3. The van der Waals surface area contributed by atoms with Crippen LogP contribution in [0.4, 0.5) is 0 Å². The number of H-pyrrole nitrogens is 1. The smallest absolute Gasteiger partial charge is 0.229 e. The monoisotopic (exact) mass is 287 g/mol. The van der Waals surface area contributed by atoms with E-state index in [1.165, 1.54) is 16.5 Å². The van der Waals surface area contributed by atoms with Gasteiger partial charge >= 0.3 is 0 Å². The second kappa shape index (κ2) is 7.64. The highest BCUT2D eigenvalue weighted by Gasteiger charge is 2.22. The molecule has 4 heteroatoms. The van der Waals surface area contributed by atoms with Crippen molar-refractivity contribution in [1.29, 1.82) is 0 Å². The number of benzene rings is 1. The van der Waals surface area contributed by atoms with Crippen molar-refractivity contribution in [2.75, 3.05) is 13.6 Å². The van der Waals surface area contributed by atoms with Crippen LogP contribution in [0.3, 0.4) is 0 Å². The summed E-state index contributed by atoms with van der Waals surface area (Å²) in [6, 6.07) is 8.31. The molecular weight excluding hydrogens is 262 g/mol. The molecule has 0 atom stereocenters. The molecule has 0 radical (unpaired) electrons. The normalized spacial score (nSPS) is 11.3. The van der Waals surface area contributed by atoms with Crippen molar-refractivity contribution in [3.63, 3.8) is 0 Å². The van der Waals surface area contributed by atoms with Gasteiger partial charge in [0.15, 0.2) is 0 Å². The van der Waals surface area contributed by atoms with Crippen LogP contribution < -0.4 is 11.1 Å². The number of hydrogen-bond acceptors (Lipinski definition) is 2. The lowest BCUT2D eigenvalue weighted by Crippen LogP contribution is -2.32. The van der Waals surface area contributed by atoms with Crippen LogP contribution in [-0.2, 0) is 4.79 Å². The number of hydrogen-bond donors (Lipinski definition) is 3. The second-order valence-corrected chi connectivity index (χ2v) is 5.46. The molecule has 0 bridgehead atoms. The Bertz CT molecular complexity index is 611. The lowest BCUT2D eigenvalue weighted by molar-refractivity contribution is -0.126. The molecule has 0 aliphatic heterocycles. The summed E-state index contributed by atoms with van der Waals surface area (Å²) in [5.74, 6) is 0.00204. The van der Waals surface area contributed by atoms with Crippen LogP contribution in [0, 0.1) is 12.3 Å². The SMILES string of the molecule is CNC(=O)C(C)(C)/C=C/CN.Cc1c[nH]c2ccccc12. The molecular formula is C17H25N3O. The van der Waals surface area contributed by atoms with Crippen molar-refractivity contribution in [2.45, 2.75) is 20.8 Å². The highest BCUT2D eigenvalue weighted by atomic mass is 16.2. The predicted octanol–water partition coefficient (Wildman–Crippen LogP) is 2.75. The number of aromatic amines is 1. The Morgan fingerprint density at radius 2 is 2.05 bits per heavy atom. The van der Waals surface area contributed by atoms with Crippen LogP contribution in [0.15, 0.2) is 42.6 Å². The summed E-state index contributed by atoms with van der Waals surface area (Å²) in [5.41, 5.74) is 7.35. The van der Waals surface area contributed by atoms with Crippen LogP contribution in [0.2, 0.25) is 0 Å². The number of aryl methyl sites for hydroxylation is 1. The number of amides is 1. The fourth-order valence-electron chi connectivity index (χ4n) is 1.98. The third-order valence-corrected chi connectivity index (χ3v) is 3.28. The molecule has 1 aromatic carbocycles. The van der Waals surface area contributed by atoms with E-state index >= 15 is 0 Å². The Morgan fingerprint density at radius 1 is 1.38 bits per heavy atom. The summed E-state index contributed by atoms with van der Waals surface area (Å²) in [6.07, 6.45) is 5.63. The molecule has 1 heterocycles. The van der Waals surface area contributed by atoms with Gasteiger partial charge in [0.05, 0.1) is 5.41 Å². The molecule has 0 saturated carbocycles. The van der Waals surface area contributed by atoms with Gasteiger partial charge < -0.3 is 16.0 Å². The maximum Gasteiger partial charge on any atom is 0.229 e. The molecule has 2 aromatic rings. The van der Waals surface area contributed by atoms with Crippen molar-refractivity contribution in [1.82, 2.24) is 10.3 Å². The Labute approximate surface area is 126 Å². The van der Waals surface area contributed by atoms with E-state index in [4.69, 9.17) is 5.73 Å². The Hall–Kier alpha value is -2.07. The summed E-state index contributed by atoms with van der Waals surface area (Å²) in [4.78, 5) is 14.3. The first-order chi connectivity index (χ1) is 9.92. The number of aromatic nitrogens is 1. The summed E-state index contributed by atoms with van der Waals surface area (Å²) in [6.45, 7) is 6.27. The van der Waals surface area contributed by atoms with E-state index in [9.17, 15) is 4.79 Å². The molecule has 1 aromatic heterocycles. The van der Waals surface area contributed by atoms with Gasteiger partial charge in [-0.2, -0.15) is 0 Å². The summed E-state index contributed by atoms with van der Waals surface area (Å²) in [5, 5.41) is 3.90. The number of carbonyl (C=O) groups excluding carboxylic acids is 1. The Kier molecular flexibility index (Phi) is 6.18. The third kappa shape index (κ3) is 4.76. The van der Waals surface area contributed by atoms with Crippen LogP contribution in [0.25, 0.3) is 10.9 Å². The molecule has 4 N–H and O–H groups in total. The van der Waals surface area contributed by atoms with Gasteiger partial charge in [0, 0.05) is 30.7 Å². The summed E-state index contributed by atoms with van der Waals surface area (Å²) >= 11 is 0. The average molecular weight is 287 g/mol. The van der Waals surface area contributed by atoms with E-state index in [1.807, 2.05) is 32.2 Å². The molecule has 4 nitrogen and oxygen atoms in total. The number of para-hydroxylation sites is 1. The summed E-state index contributed by atoms with van der Waals surface area (Å²) in [7, 11) is 1.63. The molecule has 0 spiro atoms. The van der Waals surface area contributed by atoms with E-state index in [0.29, 0.717) is 6.54 Å². The van der Waals surface area contributed by atoms with E-state index in [-0.39, 0.29) is 5.91 Å². The minimum absolute atomic E-state index is 0.00204. The van der Waals surface area contributed by atoms with E-state index in [1.54, 1.807) is 13.1 Å². The quantitative estimate of drug-likeness (QED) is 0.760. The third-order valence-electron chi connectivity index (χ3n) is 3.28. The topological polar surface area (TPSA) is 70.9 Å². The van der Waals surface area contributed by atoms with Crippen molar-refractivity contribution >= 4 is 16.8 Å². The van der Waals surface area contributed by atoms with Gasteiger partial charge in [-0.15, -0.1) is 0 Å². The molecule has 21 heavy (non-hydrogen) atoms. The van der Waals surface area contributed by atoms with Crippen LogP contribution in [0.1, 0.15) is 19.4 Å². The van der Waals surface area contributed by atoms with Gasteiger partial charge in [0.2, 0.25) is 5.91 Å². The maximum absolute atomic E-state index is 11.1. The second-order valence-electron chi connectivity index (χ2n) is 5.46. The zero-order valence-electron chi connectivity index (χ0n) is 13.2. The molecule has 2 rings (SSSR count). The van der Waals surface area contributed by atoms with Crippen LogP contribution >= 0.6 is 0 Å². The van der Waals surface area contributed by atoms with Crippen LogP contribution in [0.5, 0.6) is 0 Å². The van der Waals surface area contributed by atoms with E-state index < -0.39 is 5.41 Å². The lowest BCUT2D eigenvalue weighted by atomic mass is 9.92. The molecule has 114 valence electrons. The van der Waals surface area contributed by atoms with E-state index in [2.05, 4.69) is 35.4 Å². The summed E-state index contributed by atoms with van der Waals surface area (Å²) < 4.78 is 0. The highest BCUT2D eigenvalue weighted by Crippen LogP contribution is 2.16. The van der Waals surface area contributed by atoms with Crippen molar-refractivity contribution in [3.05, 3.63) is 48.2 Å². The predicted molar refractivity (Wildman–Crippen MR) is 89.1 cm³/mol. The molecule has 0 unspecified atom stereocenters. The van der Waals surface area contributed by atoms with Crippen molar-refractivity contribution < 1.29 is 4.79 Å². The molecule has 0 aliphatic rings. The highest BCUT2D eigenvalue weighted by molar-refractivity contribution is 5.83. The van der Waals surface area contributed by atoms with Crippen molar-refractivity contribution in [3.8, 4) is 0 Å². The first kappa shape index (κ1) is 17.0. The molecule has 0 aliphatic carbocycles. The number of fused-ring (bicyclic) bond motifs is 1. The number of nitrogens with one attached hydrogen (secondary N) is 2. The number of carbonyl (C=O) groups is 1. The van der Waals surface area contributed by atoms with Gasteiger partial charge in [-0.3, -0.25) is 4.79 Å². The first-order valence-corrected chi connectivity index (χ1v) is 7.05. The van der Waals surface area contributed by atoms with Gasteiger partial charge in [-0.05, 0) is 32.4 Å². The van der Waals surface area contributed by atoms with E-state index in [0.717, 1.165) is 0 Å². The maximum atomic E-state index is 11.1. The first-order valence-electron chi connectivity index (χ1n) is 7.05. The van der Waals surface area contributed by atoms with Gasteiger partial charge in [0.1, 0.15) is 0 Å². The number of nitrogens with two attached hydrogens (primary N) is 1. The van der Waals surface area contributed by atoms with Gasteiger partial charge in [-0.25, -0.2) is 0 Å². The standard InChI is InChI=1S/C9H9N.C8H16N2O/c1-7-6-10-9-5-3-2-4-8(7)9;1-8(2,5-4-6-9)7(11)10-3/h2-6,10H,1H3;4-5H,6,9H2,1-3H3,(H,10,11)/b;5-4+. The van der Waals surface area contributed by atoms with Crippen molar-refractivity contribution in [2.24, 2.45) is 11.1 Å². The average Bonchev–Trinajstić information content (AvgIpc) is 2.87. The minimum Gasteiger partial charge on any atom is -0.361 e. The largest absolute Gasteiger partial charge is 0.361 e. The zero-order chi connectivity index (χ0) is 15.9. The van der Waals surface area contributed by atoms with Gasteiger partial charge in [0.25, 0.3) is 0 Å². The molecule has 0 fully saturated rings. The molecule has 1 amide bonds. The zero-order valence-corrected chi connectivity index (χ0v) is 13.2. The van der Waals surface area contributed by atoms with Gasteiger partial charge in [-0.1, -0.05) is 30.4 Å². The minimum atomic E-state index is -0.450. The molecule has 0 saturated heterocycles. The fourth-order valence-corrected chi connectivity index (χ4v) is 1.98.